The number of anilines is 1. The van der Waals surface area contributed by atoms with Crippen LogP contribution in [0, 0.1) is 6.92 Å². The Morgan fingerprint density at radius 1 is 1.05 bits per heavy atom. The number of hydrogen-bond donors (Lipinski definition) is 3. The van der Waals surface area contributed by atoms with Gasteiger partial charge < -0.3 is 15.7 Å². The monoisotopic (exact) mass is 272 g/mol. The van der Waals surface area contributed by atoms with Gasteiger partial charge in [-0.25, -0.2) is 0 Å². The first-order chi connectivity index (χ1) is 9.81. The molecule has 5 nitrogen and oxygen atoms in total. The van der Waals surface area contributed by atoms with Crippen molar-refractivity contribution >= 4 is 5.82 Å². The molecule has 0 aliphatic carbocycles. The molecule has 0 fully saturated rings. The van der Waals surface area contributed by atoms with E-state index in [1.165, 1.54) is 0 Å². The van der Waals surface area contributed by atoms with Crippen LogP contribution in [0.4, 0.5) is 5.82 Å². The summed E-state index contributed by atoms with van der Waals surface area (Å²) in [5.41, 5.74) is 3.02. The zero-order valence-electron chi connectivity index (χ0n) is 11.6. The molecule has 1 aromatic heterocycles. The number of aliphatic hydroxyl groups excluding tert-OH is 1. The molecule has 2 rings (SSSR count). The number of hydrogen-bond acceptors (Lipinski definition) is 5. The number of nitrogens with zero attached hydrogens (tertiary/aromatic N) is 2. The lowest BCUT2D eigenvalue weighted by Gasteiger charge is -2.09. The maximum Gasteiger partial charge on any atom is 0.151 e. The van der Waals surface area contributed by atoms with Gasteiger partial charge in [-0.1, -0.05) is 30.3 Å². The van der Waals surface area contributed by atoms with Gasteiger partial charge in [0.15, 0.2) is 5.82 Å². The van der Waals surface area contributed by atoms with Crippen LogP contribution in [0.3, 0.4) is 0 Å². The summed E-state index contributed by atoms with van der Waals surface area (Å²) in [6, 6.07) is 12.0. The van der Waals surface area contributed by atoms with E-state index in [2.05, 4.69) is 20.8 Å². The molecule has 0 spiro atoms. The molecule has 0 aliphatic heterocycles. The molecule has 0 saturated heterocycles. The second-order valence-electron chi connectivity index (χ2n) is 4.53. The van der Waals surface area contributed by atoms with Crippen molar-refractivity contribution in [2.75, 3.05) is 31.6 Å². The first kappa shape index (κ1) is 14.4. The number of aliphatic hydroxyl groups is 1. The minimum atomic E-state index is 0.157. The lowest BCUT2D eigenvalue weighted by atomic mass is 10.1. The van der Waals surface area contributed by atoms with Gasteiger partial charge in [-0.15, -0.1) is 10.2 Å². The fourth-order valence-electron chi connectivity index (χ4n) is 1.88. The Morgan fingerprint density at radius 2 is 1.85 bits per heavy atom. The summed E-state index contributed by atoms with van der Waals surface area (Å²) in [5, 5.41) is 23.5. The minimum Gasteiger partial charge on any atom is -0.395 e. The number of benzene rings is 1. The quantitative estimate of drug-likeness (QED) is 0.665. The van der Waals surface area contributed by atoms with Crippen LogP contribution in [-0.2, 0) is 0 Å². The molecule has 106 valence electrons. The van der Waals surface area contributed by atoms with E-state index < -0.39 is 0 Å². The number of aromatic nitrogens is 2. The van der Waals surface area contributed by atoms with Crippen molar-refractivity contribution < 1.29 is 5.11 Å². The van der Waals surface area contributed by atoms with E-state index in [9.17, 15) is 0 Å². The predicted octanol–water partition coefficient (Wildman–Crippen LogP) is 1.45. The van der Waals surface area contributed by atoms with Gasteiger partial charge in [0.25, 0.3) is 0 Å². The van der Waals surface area contributed by atoms with E-state index in [4.69, 9.17) is 5.11 Å². The van der Waals surface area contributed by atoms with Crippen LogP contribution in [0.5, 0.6) is 0 Å². The second-order valence-corrected chi connectivity index (χ2v) is 4.53. The third kappa shape index (κ3) is 4.01. The average Bonchev–Trinajstić information content (AvgIpc) is 2.49. The van der Waals surface area contributed by atoms with E-state index in [-0.39, 0.29) is 6.61 Å². The molecule has 0 saturated carbocycles. The summed E-state index contributed by atoms with van der Waals surface area (Å²) in [7, 11) is 0. The standard InChI is InChI=1S/C15H20N4O/c1-12-11-14(13-5-3-2-4-6-13)18-19-15(12)17-8-7-16-9-10-20/h2-6,11,16,20H,7-10H2,1H3,(H,17,19). The van der Waals surface area contributed by atoms with Crippen molar-refractivity contribution in [3.05, 3.63) is 42.0 Å². The Hall–Kier alpha value is -1.98. The summed E-state index contributed by atoms with van der Waals surface area (Å²) in [4.78, 5) is 0. The van der Waals surface area contributed by atoms with Gasteiger partial charge in [-0.2, -0.15) is 0 Å². The van der Waals surface area contributed by atoms with E-state index in [1.54, 1.807) is 0 Å². The number of nitrogens with one attached hydrogen (secondary N) is 2. The summed E-state index contributed by atoms with van der Waals surface area (Å²) < 4.78 is 0. The van der Waals surface area contributed by atoms with Gasteiger partial charge in [-0.05, 0) is 18.6 Å². The smallest absolute Gasteiger partial charge is 0.151 e. The third-order valence-corrected chi connectivity index (χ3v) is 2.94. The van der Waals surface area contributed by atoms with E-state index in [0.717, 1.165) is 35.7 Å². The third-order valence-electron chi connectivity index (χ3n) is 2.94. The fraction of sp³-hybridized carbons (Fsp3) is 0.333. The van der Waals surface area contributed by atoms with Crippen LogP contribution >= 0.6 is 0 Å². The van der Waals surface area contributed by atoms with Crippen LogP contribution in [0.2, 0.25) is 0 Å². The Balaban J connectivity index is 1.96. The van der Waals surface area contributed by atoms with Crippen LogP contribution in [0.1, 0.15) is 5.56 Å². The highest BCUT2D eigenvalue weighted by molar-refractivity contribution is 5.61. The Labute approximate surface area is 119 Å². The fourth-order valence-corrected chi connectivity index (χ4v) is 1.88. The molecular formula is C15H20N4O. The Morgan fingerprint density at radius 3 is 2.55 bits per heavy atom. The maximum absolute atomic E-state index is 8.66. The molecule has 0 radical (unpaired) electrons. The van der Waals surface area contributed by atoms with Crippen molar-refractivity contribution in [1.29, 1.82) is 0 Å². The van der Waals surface area contributed by atoms with E-state index in [1.807, 2.05) is 43.3 Å². The lowest BCUT2D eigenvalue weighted by Crippen LogP contribution is -2.25. The van der Waals surface area contributed by atoms with Gasteiger partial charge in [-0.3, -0.25) is 0 Å². The van der Waals surface area contributed by atoms with Crippen LogP contribution in [0.25, 0.3) is 11.3 Å². The molecule has 3 N–H and O–H groups in total. The number of aryl methyl sites for hydroxylation is 1. The zero-order valence-corrected chi connectivity index (χ0v) is 11.6. The predicted molar refractivity (Wildman–Crippen MR) is 80.7 cm³/mol. The number of rotatable bonds is 7. The summed E-state index contributed by atoms with van der Waals surface area (Å²) >= 11 is 0. The average molecular weight is 272 g/mol. The summed E-state index contributed by atoms with van der Waals surface area (Å²) in [6.07, 6.45) is 0. The van der Waals surface area contributed by atoms with Gasteiger partial charge >= 0.3 is 0 Å². The highest BCUT2D eigenvalue weighted by Crippen LogP contribution is 2.19. The summed E-state index contributed by atoms with van der Waals surface area (Å²) in [6.45, 7) is 4.32. The molecule has 0 atom stereocenters. The Kier molecular flexibility index (Phi) is 5.46. The zero-order chi connectivity index (χ0) is 14.2. The molecule has 20 heavy (non-hydrogen) atoms. The van der Waals surface area contributed by atoms with E-state index in [0.29, 0.717) is 6.54 Å². The highest BCUT2D eigenvalue weighted by atomic mass is 16.3. The van der Waals surface area contributed by atoms with Gasteiger partial charge in [0.1, 0.15) is 0 Å². The first-order valence-electron chi connectivity index (χ1n) is 6.76. The molecule has 0 amide bonds. The highest BCUT2D eigenvalue weighted by Gasteiger charge is 2.04. The normalized spacial score (nSPS) is 10.5. The van der Waals surface area contributed by atoms with Crippen molar-refractivity contribution in [3.8, 4) is 11.3 Å². The van der Waals surface area contributed by atoms with Crippen molar-refractivity contribution in [2.24, 2.45) is 0 Å². The van der Waals surface area contributed by atoms with Gasteiger partial charge in [0.2, 0.25) is 0 Å². The molecule has 0 bridgehead atoms. The van der Waals surface area contributed by atoms with Gasteiger partial charge in [0.05, 0.1) is 12.3 Å². The van der Waals surface area contributed by atoms with Gasteiger partial charge in [0, 0.05) is 25.2 Å². The summed E-state index contributed by atoms with van der Waals surface area (Å²) in [5.74, 6) is 0.801. The van der Waals surface area contributed by atoms with Crippen molar-refractivity contribution in [3.63, 3.8) is 0 Å². The molecule has 0 unspecified atom stereocenters. The largest absolute Gasteiger partial charge is 0.395 e. The SMILES string of the molecule is Cc1cc(-c2ccccc2)nnc1NCCNCCO. The molecule has 5 heteroatoms. The molecular weight excluding hydrogens is 252 g/mol. The van der Waals surface area contributed by atoms with Crippen LogP contribution < -0.4 is 10.6 Å². The van der Waals surface area contributed by atoms with Crippen molar-refractivity contribution in [2.45, 2.75) is 6.92 Å². The molecule has 2 aromatic rings. The second kappa shape index (κ2) is 7.57. The topological polar surface area (TPSA) is 70.1 Å². The van der Waals surface area contributed by atoms with Crippen LogP contribution in [-0.4, -0.2) is 41.5 Å². The molecule has 0 aliphatic rings. The maximum atomic E-state index is 8.66. The lowest BCUT2D eigenvalue weighted by molar-refractivity contribution is 0.293. The molecule has 1 heterocycles. The van der Waals surface area contributed by atoms with E-state index >= 15 is 0 Å². The Bertz CT molecular complexity index is 531. The molecule has 1 aromatic carbocycles. The minimum absolute atomic E-state index is 0.157. The first-order valence-corrected chi connectivity index (χ1v) is 6.76. The van der Waals surface area contributed by atoms with Crippen molar-refractivity contribution in [1.82, 2.24) is 15.5 Å². The van der Waals surface area contributed by atoms with Crippen LogP contribution in [0.15, 0.2) is 36.4 Å².